The molecule has 0 aliphatic carbocycles. The molecule has 18 heavy (non-hydrogen) atoms. The fourth-order valence-electron chi connectivity index (χ4n) is 2.52. The highest BCUT2D eigenvalue weighted by Gasteiger charge is 2.33. The molecule has 0 saturated heterocycles. The van der Waals surface area contributed by atoms with Gasteiger partial charge >= 0.3 is 0 Å². The highest BCUT2D eigenvalue weighted by Crippen LogP contribution is 2.39. The Labute approximate surface area is 127 Å². The first-order valence-electron chi connectivity index (χ1n) is 6.07. The fourth-order valence-corrected chi connectivity index (χ4v) is 2.52. The van der Waals surface area contributed by atoms with Crippen LogP contribution in [0.1, 0.15) is 24.1 Å². The molecule has 102 valence electrons. The summed E-state index contributed by atoms with van der Waals surface area (Å²) in [5.74, 6) is 1.67. The minimum Gasteiger partial charge on any atom is -1.00 e. The smallest absolute Gasteiger partial charge is 0.161 e. The van der Waals surface area contributed by atoms with Crippen molar-refractivity contribution in [3.63, 3.8) is 0 Å². The predicted molar refractivity (Wildman–Crippen MR) is 68.6 cm³/mol. The minimum atomic E-state index is 0. The Morgan fingerprint density at radius 3 is 2.22 bits per heavy atom. The van der Waals surface area contributed by atoms with E-state index in [4.69, 9.17) is 9.47 Å². The average molecular weight is 363 g/mol. The maximum Gasteiger partial charge on any atom is 0.161 e. The van der Waals surface area contributed by atoms with Crippen molar-refractivity contribution in [2.75, 3.05) is 34.9 Å². The van der Waals surface area contributed by atoms with E-state index in [0.717, 1.165) is 22.4 Å². The number of nitrogens with zero attached hydrogens (tertiary/aromatic N) is 1. The molecule has 1 aliphatic heterocycles. The SMILES string of the molecule is COc1cc2c(cc1OC)C(C)[N+](C)(C)CC2.[I-]. The monoisotopic (exact) mass is 363 g/mol. The summed E-state index contributed by atoms with van der Waals surface area (Å²) in [6.45, 7) is 3.45. The summed E-state index contributed by atoms with van der Waals surface area (Å²) in [5, 5.41) is 0. The highest BCUT2D eigenvalue weighted by molar-refractivity contribution is 5.48. The molecule has 2 rings (SSSR count). The van der Waals surface area contributed by atoms with Gasteiger partial charge in [-0.15, -0.1) is 0 Å². The summed E-state index contributed by atoms with van der Waals surface area (Å²) in [7, 11) is 7.95. The van der Waals surface area contributed by atoms with Crippen molar-refractivity contribution >= 4 is 0 Å². The summed E-state index contributed by atoms with van der Waals surface area (Å²) >= 11 is 0. The van der Waals surface area contributed by atoms with E-state index in [1.165, 1.54) is 17.7 Å². The fraction of sp³-hybridized carbons (Fsp3) is 0.571. The van der Waals surface area contributed by atoms with Crippen LogP contribution in [0.5, 0.6) is 11.5 Å². The molecule has 0 radical (unpaired) electrons. The van der Waals surface area contributed by atoms with Crippen LogP contribution in [0.2, 0.25) is 0 Å². The number of fused-ring (bicyclic) bond motifs is 1. The molecule has 1 unspecified atom stereocenters. The van der Waals surface area contributed by atoms with Crippen LogP contribution < -0.4 is 33.5 Å². The molecule has 0 N–H and O–H groups in total. The molecular formula is C14H22INO2. The van der Waals surface area contributed by atoms with Gasteiger partial charge in [0.1, 0.15) is 6.04 Å². The van der Waals surface area contributed by atoms with Crippen molar-refractivity contribution in [2.24, 2.45) is 0 Å². The molecule has 0 saturated carbocycles. The Bertz CT molecular complexity index is 432. The zero-order valence-corrected chi connectivity index (χ0v) is 13.9. The van der Waals surface area contributed by atoms with Crippen LogP contribution in [0.4, 0.5) is 0 Å². The number of benzene rings is 1. The third kappa shape index (κ3) is 2.59. The summed E-state index contributed by atoms with van der Waals surface area (Å²) in [6, 6.07) is 4.76. The van der Waals surface area contributed by atoms with Gasteiger partial charge < -0.3 is 37.9 Å². The van der Waals surface area contributed by atoms with Crippen LogP contribution in [0.3, 0.4) is 0 Å². The Hall–Kier alpha value is -0.490. The van der Waals surface area contributed by atoms with Crippen molar-refractivity contribution in [1.82, 2.24) is 0 Å². The van der Waals surface area contributed by atoms with E-state index >= 15 is 0 Å². The number of methoxy groups -OCH3 is 2. The van der Waals surface area contributed by atoms with E-state index < -0.39 is 0 Å². The molecule has 1 aliphatic rings. The van der Waals surface area contributed by atoms with Gasteiger partial charge in [-0.05, 0) is 24.6 Å². The van der Waals surface area contributed by atoms with Gasteiger partial charge in [0.15, 0.2) is 11.5 Å². The number of ether oxygens (including phenoxy) is 2. The molecule has 0 spiro atoms. The molecule has 1 aromatic rings. The van der Waals surface area contributed by atoms with Gasteiger partial charge in [0.25, 0.3) is 0 Å². The number of likely N-dealkylation sites (N-methyl/N-ethyl adjacent to an activating group) is 1. The number of quaternary nitrogens is 1. The average Bonchev–Trinajstić information content (AvgIpc) is 2.33. The van der Waals surface area contributed by atoms with E-state index in [1.807, 2.05) is 0 Å². The number of hydrogen-bond donors (Lipinski definition) is 0. The van der Waals surface area contributed by atoms with Crippen LogP contribution >= 0.6 is 0 Å². The van der Waals surface area contributed by atoms with E-state index in [-0.39, 0.29) is 24.0 Å². The van der Waals surface area contributed by atoms with Crippen molar-refractivity contribution < 1.29 is 37.9 Å². The molecule has 0 amide bonds. The maximum atomic E-state index is 5.39. The number of hydrogen-bond acceptors (Lipinski definition) is 2. The van der Waals surface area contributed by atoms with Gasteiger partial charge in [0.05, 0.1) is 34.9 Å². The largest absolute Gasteiger partial charge is 1.00 e. The molecular weight excluding hydrogens is 341 g/mol. The van der Waals surface area contributed by atoms with Crippen molar-refractivity contribution in [1.29, 1.82) is 0 Å². The van der Waals surface area contributed by atoms with Gasteiger partial charge in [-0.2, -0.15) is 0 Å². The van der Waals surface area contributed by atoms with Crippen molar-refractivity contribution in [3.05, 3.63) is 23.3 Å². The van der Waals surface area contributed by atoms with Crippen molar-refractivity contribution in [2.45, 2.75) is 19.4 Å². The summed E-state index contributed by atoms with van der Waals surface area (Å²) in [4.78, 5) is 0. The Morgan fingerprint density at radius 2 is 1.67 bits per heavy atom. The first kappa shape index (κ1) is 15.6. The second kappa shape index (κ2) is 5.65. The van der Waals surface area contributed by atoms with Gasteiger partial charge in [-0.3, -0.25) is 0 Å². The Kier molecular flexibility index (Phi) is 4.89. The van der Waals surface area contributed by atoms with Crippen LogP contribution in [-0.2, 0) is 6.42 Å². The Morgan fingerprint density at radius 1 is 1.11 bits per heavy atom. The lowest BCUT2D eigenvalue weighted by Gasteiger charge is -2.41. The predicted octanol–water partition coefficient (Wildman–Crippen LogP) is -0.599. The molecule has 3 nitrogen and oxygen atoms in total. The third-order valence-electron chi connectivity index (χ3n) is 4.10. The van der Waals surface area contributed by atoms with Crippen molar-refractivity contribution in [3.8, 4) is 11.5 Å². The number of rotatable bonds is 2. The molecule has 4 heteroatoms. The van der Waals surface area contributed by atoms with E-state index in [2.05, 4.69) is 33.2 Å². The van der Waals surface area contributed by atoms with E-state index in [0.29, 0.717) is 6.04 Å². The lowest BCUT2D eigenvalue weighted by Crippen LogP contribution is -3.00. The first-order chi connectivity index (χ1) is 7.99. The van der Waals surface area contributed by atoms with Crippen LogP contribution in [0.15, 0.2) is 12.1 Å². The lowest BCUT2D eigenvalue weighted by atomic mass is 9.91. The summed E-state index contributed by atoms with van der Waals surface area (Å²) < 4.78 is 11.8. The van der Waals surface area contributed by atoms with E-state index in [1.54, 1.807) is 14.2 Å². The van der Waals surface area contributed by atoms with Gasteiger partial charge in [-0.1, -0.05) is 0 Å². The molecule has 0 aromatic heterocycles. The Balaban J connectivity index is 0.00000162. The second-order valence-electron chi connectivity index (χ2n) is 5.33. The maximum absolute atomic E-state index is 5.39. The highest BCUT2D eigenvalue weighted by atomic mass is 127. The zero-order valence-electron chi connectivity index (χ0n) is 11.8. The molecule has 1 aromatic carbocycles. The summed E-state index contributed by atoms with van der Waals surface area (Å²) in [5.41, 5.74) is 2.78. The van der Waals surface area contributed by atoms with Crippen LogP contribution in [-0.4, -0.2) is 39.3 Å². The minimum absolute atomic E-state index is 0. The number of halogens is 1. The van der Waals surface area contributed by atoms with Crippen LogP contribution in [0.25, 0.3) is 0 Å². The second-order valence-corrected chi connectivity index (χ2v) is 5.33. The molecule has 1 atom stereocenters. The third-order valence-corrected chi connectivity index (χ3v) is 4.10. The molecule has 0 fully saturated rings. The molecule has 1 heterocycles. The quantitative estimate of drug-likeness (QED) is 0.516. The zero-order chi connectivity index (χ0) is 12.6. The van der Waals surface area contributed by atoms with Gasteiger partial charge in [0.2, 0.25) is 0 Å². The topological polar surface area (TPSA) is 18.5 Å². The first-order valence-corrected chi connectivity index (χ1v) is 6.07. The van der Waals surface area contributed by atoms with Gasteiger partial charge in [-0.25, -0.2) is 0 Å². The van der Waals surface area contributed by atoms with Crippen LogP contribution in [0, 0.1) is 0 Å². The normalized spacial score (nSPS) is 20.6. The molecule has 0 bridgehead atoms. The van der Waals surface area contributed by atoms with Gasteiger partial charge in [0, 0.05) is 12.0 Å². The standard InChI is InChI=1S/C14H22NO2.HI/c1-10-12-9-14(17-5)13(16-4)8-11(12)6-7-15(10,2)3;/h8-10H,6-7H2,1-5H3;1H/q+1;/p-1. The van der Waals surface area contributed by atoms with E-state index in [9.17, 15) is 0 Å². The lowest BCUT2D eigenvalue weighted by molar-refractivity contribution is -0.921. The summed E-state index contributed by atoms with van der Waals surface area (Å²) in [6.07, 6.45) is 1.10.